The van der Waals surface area contributed by atoms with E-state index < -0.39 is 0 Å². The number of rotatable bonds is 5. The molecule has 3 unspecified atom stereocenters. The summed E-state index contributed by atoms with van der Waals surface area (Å²) in [5.74, 6) is 0.389. The third kappa shape index (κ3) is 7.02. The van der Waals surface area contributed by atoms with E-state index in [-0.39, 0.29) is 16.7 Å². The van der Waals surface area contributed by atoms with E-state index in [9.17, 15) is 4.79 Å². The van der Waals surface area contributed by atoms with Gasteiger partial charge in [0.1, 0.15) is 0 Å². The third-order valence-corrected chi connectivity index (χ3v) is 4.07. The molecule has 0 saturated carbocycles. The molecule has 116 valence electrons. The summed E-state index contributed by atoms with van der Waals surface area (Å²) < 4.78 is 3.19. The second kappa shape index (κ2) is 9.13. The van der Waals surface area contributed by atoms with E-state index in [1.807, 2.05) is 38.2 Å². The van der Waals surface area contributed by atoms with Gasteiger partial charge in [0.2, 0.25) is 0 Å². The standard InChI is InChI=1S/C16H23ClN2OS/c1-11-7-5-10-15(14(11)4)19-21-16(20)18-13(3)9-6-8-12(2)17/h5-10,12,14-15,19H,1-4H3,(H,18,20)/b8-6-,13-9+. The third-order valence-electron chi connectivity index (χ3n) is 3.24. The van der Waals surface area contributed by atoms with Crippen molar-refractivity contribution >= 4 is 28.8 Å². The fourth-order valence-corrected chi connectivity index (χ4v) is 2.59. The van der Waals surface area contributed by atoms with Crippen LogP contribution in [0.3, 0.4) is 0 Å². The van der Waals surface area contributed by atoms with Crippen LogP contribution in [0.25, 0.3) is 0 Å². The van der Waals surface area contributed by atoms with Crippen LogP contribution in [0.2, 0.25) is 0 Å². The molecule has 0 bridgehead atoms. The van der Waals surface area contributed by atoms with Crippen LogP contribution in [0.15, 0.2) is 47.7 Å². The van der Waals surface area contributed by atoms with Gasteiger partial charge in [0.15, 0.2) is 0 Å². The van der Waals surface area contributed by atoms with E-state index >= 15 is 0 Å². The van der Waals surface area contributed by atoms with Gasteiger partial charge >= 0.3 is 0 Å². The first-order chi connectivity index (χ1) is 9.90. The maximum Gasteiger partial charge on any atom is 0.298 e. The number of hydrogen-bond donors (Lipinski definition) is 2. The number of carbonyl (C=O) groups excluding carboxylic acids is 1. The van der Waals surface area contributed by atoms with Crippen molar-refractivity contribution in [3.8, 4) is 0 Å². The Hall–Kier alpha value is -0.970. The van der Waals surface area contributed by atoms with Crippen molar-refractivity contribution in [1.29, 1.82) is 0 Å². The Morgan fingerprint density at radius 1 is 1.52 bits per heavy atom. The largest absolute Gasteiger partial charge is 0.320 e. The molecule has 0 aliphatic heterocycles. The smallest absolute Gasteiger partial charge is 0.298 e. The molecule has 1 aliphatic rings. The fourth-order valence-electron chi connectivity index (χ4n) is 1.77. The van der Waals surface area contributed by atoms with E-state index in [0.717, 1.165) is 17.6 Å². The molecular weight excluding hydrogens is 304 g/mol. The summed E-state index contributed by atoms with van der Waals surface area (Å²) in [5, 5.41) is 2.67. The summed E-state index contributed by atoms with van der Waals surface area (Å²) in [7, 11) is 0. The second-order valence-electron chi connectivity index (χ2n) is 5.15. The Balaban J connectivity index is 2.38. The predicted octanol–water partition coefficient (Wildman–Crippen LogP) is 4.54. The van der Waals surface area contributed by atoms with E-state index in [2.05, 4.69) is 36.0 Å². The van der Waals surface area contributed by atoms with Gasteiger partial charge in [0, 0.05) is 29.1 Å². The van der Waals surface area contributed by atoms with Crippen molar-refractivity contribution < 1.29 is 4.79 Å². The zero-order valence-corrected chi connectivity index (χ0v) is 14.5. The first kappa shape index (κ1) is 18.1. The number of hydrogen-bond acceptors (Lipinski definition) is 3. The number of halogens is 1. The maximum absolute atomic E-state index is 11.8. The molecule has 1 rings (SSSR count). The van der Waals surface area contributed by atoms with E-state index in [0.29, 0.717) is 5.92 Å². The normalized spacial score (nSPS) is 24.0. The van der Waals surface area contributed by atoms with Crippen LogP contribution in [0, 0.1) is 5.92 Å². The highest BCUT2D eigenvalue weighted by Crippen LogP contribution is 2.21. The Kier molecular flexibility index (Phi) is 7.86. The number of nitrogens with one attached hydrogen (secondary N) is 2. The summed E-state index contributed by atoms with van der Waals surface area (Å²) in [6.45, 7) is 7.98. The minimum atomic E-state index is -0.121. The van der Waals surface area contributed by atoms with Gasteiger partial charge in [-0.25, -0.2) is 4.72 Å². The Labute approximate surface area is 136 Å². The fraction of sp³-hybridized carbons (Fsp3) is 0.438. The van der Waals surface area contributed by atoms with Crippen molar-refractivity contribution in [3.05, 3.63) is 47.7 Å². The first-order valence-corrected chi connectivity index (χ1v) is 8.23. The van der Waals surface area contributed by atoms with Crippen molar-refractivity contribution in [2.75, 3.05) is 0 Å². The molecule has 21 heavy (non-hydrogen) atoms. The molecule has 1 aliphatic carbocycles. The molecule has 2 N–H and O–H groups in total. The van der Waals surface area contributed by atoms with Gasteiger partial charge in [0.05, 0.1) is 0 Å². The lowest BCUT2D eigenvalue weighted by molar-refractivity contribution is 0.262. The number of allylic oxidation sites excluding steroid dienone is 6. The molecule has 1 amide bonds. The van der Waals surface area contributed by atoms with Gasteiger partial charge in [-0.05, 0) is 32.8 Å². The molecule has 0 fully saturated rings. The van der Waals surface area contributed by atoms with Crippen molar-refractivity contribution in [2.45, 2.75) is 39.1 Å². The Morgan fingerprint density at radius 3 is 2.90 bits per heavy atom. The molecule has 3 nitrogen and oxygen atoms in total. The van der Waals surface area contributed by atoms with Crippen LogP contribution < -0.4 is 10.0 Å². The van der Waals surface area contributed by atoms with Crippen molar-refractivity contribution in [2.24, 2.45) is 5.92 Å². The molecule has 0 spiro atoms. The molecule has 0 aromatic carbocycles. The zero-order chi connectivity index (χ0) is 15.8. The van der Waals surface area contributed by atoms with Gasteiger partial charge < -0.3 is 5.32 Å². The lowest BCUT2D eigenvalue weighted by atomic mass is 9.91. The Morgan fingerprint density at radius 2 is 2.24 bits per heavy atom. The van der Waals surface area contributed by atoms with Crippen LogP contribution in [-0.2, 0) is 0 Å². The molecule has 0 heterocycles. The summed E-state index contributed by atoms with van der Waals surface area (Å²) >= 11 is 6.89. The van der Waals surface area contributed by atoms with E-state index in [4.69, 9.17) is 11.6 Å². The summed E-state index contributed by atoms with van der Waals surface area (Å²) in [6, 6.07) is 0.173. The minimum absolute atomic E-state index is 0.0170. The van der Waals surface area contributed by atoms with Crippen LogP contribution in [0.1, 0.15) is 27.7 Å². The summed E-state index contributed by atoms with van der Waals surface area (Å²) in [5.41, 5.74) is 2.10. The quantitative estimate of drug-likeness (QED) is 0.442. The predicted molar refractivity (Wildman–Crippen MR) is 93.3 cm³/mol. The Bertz CT molecular complexity index is 481. The van der Waals surface area contributed by atoms with Gasteiger partial charge in [-0.2, -0.15) is 0 Å². The van der Waals surface area contributed by atoms with Gasteiger partial charge in [-0.3, -0.25) is 4.79 Å². The average molecular weight is 327 g/mol. The van der Waals surface area contributed by atoms with Crippen LogP contribution >= 0.6 is 23.5 Å². The van der Waals surface area contributed by atoms with Gasteiger partial charge in [-0.15, -0.1) is 11.6 Å². The highest BCUT2D eigenvalue weighted by atomic mass is 35.5. The summed E-state index contributed by atoms with van der Waals surface area (Å²) in [4.78, 5) is 11.8. The van der Waals surface area contributed by atoms with Crippen LogP contribution in [0.5, 0.6) is 0 Å². The average Bonchev–Trinajstić information content (AvgIpc) is 2.40. The molecule has 3 atom stereocenters. The van der Waals surface area contributed by atoms with Gasteiger partial charge in [-0.1, -0.05) is 42.9 Å². The molecular formula is C16H23ClN2OS. The highest BCUT2D eigenvalue weighted by Gasteiger charge is 2.19. The zero-order valence-electron chi connectivity index (χ0n) is 12.9. The first-order valence-electron chi connectivity index (χ1n) is 6.97. The van der Waals surface area contributed by atoms with E-state index in [1.54, 1.807) is 0 Å². The molecule has 0 radical (unpaired) electrons. The lowest BCUT2D eigenvalue weighted by Gasteiger charge is -2.24. The maximum atomic E-state index is 11.8. The highest BCUT2D eigenvalue weighted by molar-refractivity contribution is 8.11. The number of amides is 1. The monoisotopic (exact) mass is 326 g/mol. The van der Waals surface area contributed by atoms with Crippen LogP contribution in [-0.4, -0.2) is 16.7 Å². The number of alkyl halides is 1. The molecule has 5 heteroatoms. The molecule has 0 aromatic heterocycles. The number of carbonyl (C=O) groups is 1. The minimum Gasteiger partial charge on any atom is -0.320 e. The summed E-state index contributed by atoms with van der Waals surface area (Å²) in [6.07, 6.45) is 11.7. The van der Waals surface area contributed by atoms with Crippen molar-refractivity contribution in [1.82, 2.24) is 10.0 Å². The molecule has 0 aromatic rings. The molecule has 0 saturated heterocycles. The SMILES string of the molecule is CC1=CC=CC(NSC(=O)N/C(C)=C/C=C\C(C)Cl)C1C. The van der Waals surface area contributed by atoms with E-state index in [1.165, 1.54) is 5.57 Å². The van der Waals surface area contributed by atoms with Crippen LogP contribution in [0.4, 0.5) is 4.79 Å². The van der Waals surface area contributed by atoms with Gasteiger partial charge in [0.25, 0.3) is 5.24 Å². The van der Waals surface area contributed by atoms with Crippen molar-refractivity contribution in [3.63, 3.8) is 0 Å². The topological polar surface area (TPSA) is 41.1 Å². The lowest BCUT2D eigenvalue weighted by Crippen LogP contribution is -2.33. The second-order valence-corrected chi connectivity index (χ2v) is 6.65.